The van der Waals surface area contributed by atoms with E-state index < -0.39 is 0 Å². The smallest absolute Gasteiger partial charge is 0.227 e. The number of rotatable bonds is 6. The first-order chi connectivity index (χ1) is 12.3. The Morgan fingerprint density at radius 2 is 1.64 bits per heavy atom. The normalized spacial score (nSPS) is 17.2. The second-order valence-electron chi connectivity index (χ2n) is 6.88. The molecule has 0 bridgehead atoms. The zero-order chi connectivity index (χ0) is 17.5. The minimum atomic E-state index is -0.0278. The van der Waals surface area contributed by atoms with E-state index in [2.05, 4.69) is 52.7 Å². The van der Waals surface area contributed by atoms with Gasteiger partial charge in [-0.15, -0.1) is 0 Å². The highest BCUT2D eigenvalue weighted by Crippen LogP contribution is 2.33. The molecule has 0 aliphatic carbocycles. The molecule has 3 heteroatoms. The quantitative estimate of drug-likeness (QED) is 0.870. The third-order valence-corrected chi connectivity index (χ3v) is 5.14. The summed E-state index contributed by atoms with van der Waals surface area (Å²) in [5.41, 5.74) is 2.51. The molecule has 0 aromatic heterocycles. The third-order valence-electron chi connectivity index (χ3n) is 5.14. The van der Waals surface area contributed by atoms with Crippen molar-refractivity contribution in [2.24, 2.45) is 5.92 Å². The fraction of sp³-hybridized carbons (Fsp3) is 0.409. The molecular weight excluding hydrogens is 308 g/mol. The first-order valence-electron chi connectivity index (χ1n) is 9.37. The summed E-state index contributed by atoms with van der Waals surface area (Å²) in [6.45, 7) is 5.80. The minimum Gasteiger partial charge on any atom is -0.356 e. The van der Waals surface area contributed by atoms with Crippen molar-refractivity contribution in [2.75, 3.05) is 19.6 Å². The second kappa shape index (κ2) is 8.82. The van der Waals surface area contributed by atoms with Crippen LogP contribution in [0.15, 0.2) is 60.7 Å². The van der Waals surface area contributed by atoms with Gasteiger partial charge in [-0.05, 0) is 49.9 Å². The van der Waals surface area contributed by atoms with Crippen LogP contribution in [-0.4, -0.2) is 30.4 Å². The number of hydrogen-bond acceptors (Lipinski definition) is 2. The molecule has 2 aromatic rings. The van der Waals surface area contributed by atoms with Gasteiger partial charge >= 0.3 is 0 Å². The van der Waals surface area contributed by atoms with Crippen LogP contribution in [0.5, 0.6) is 0 Å². The summed E-state index contributed by atoms with van der Waals surface area (Å²) in [5, 5.41) is 3.04. The van der Waals surface area contributed by atoms with Crippen LogP contribution >= 0.6 is 0 Å². The second-order valence-corrected chi connectivity index (χ2v) is 6.88. The third kappa shape index (κ3) is 4.70. The van der Waals surface area contributed by atoms with E-state index in [1.807, 2.05) is 25.1 Å². The number of likely N-dealkylation sites (tertiary alicyclic amines) is 1. The summed E-state index contributed by atoms with van der Waals surface area (Å²) in [4.78, 5) is 15.2. The maximum absolute atomic E-state index is 12.7. The number of amides is 1. The lowest BCUT2D eigenvalue weighted by molar-refractivity contribution is -0.124. The molecular formula is C22H28N2O. The molecule has 0 spiro atoms. The molecule has 1 amide bonds. The van der Waals surface area contributed by atoms with Crippen molar-refractivity contribution in [3.8, 4) is 0 Å². The van der Waals surface area contributed by atoms with Gasteiger partial charge in [0, 0.05) is 13.1 Å². The van der Waals surface area contributed by atoms with Crippen LogP contribution in [0, 0.1) is 5.92 Å². The Balaban J connectivity index is 1.64. The Hall–Kier alpha value is -2.13. The molecule has 2 aromatic carbocycles. The van der Waals surface area contributed by atoms with Crippen molar-refractivity contribution in [3.05, 3.63) is 71.8 Å². The van der Waals surface area contributed by atoms with Gasteiger partial charge in [0.05, 0.1) is 5.92 Å². The number of hydrogen-bond donors (Lipinski definition) is 1. The monoisotopic (exact) mass is 336 g/mol. The van der Waals surface area contributed by atoms with E-state index in [1.165, 1.54) is 5.56 Å². The van der Waals surface area contributed by atoms with Gasteiger partial charge in [-0.3, -0.25) is 9.69 Å². The molecule has 1 unspecified atom stereocenters. The van der Waals surface area contributed by atoms with Crippen molar-refractivity contribution in [3.63, 3.8) is 0 Å². The molecule has 0 saturated carbocycles. The van der Waals surface area contributed by atoms with Gasteiger partial charge in [0.1, 0.15) is 0 Å². The lowest BCUT2D eigenvalue weighted by atomic mass is 9.79. The summed E-state index contributed by atoms with van der Waals surface area (Å²) < 4.78 is 0. The largest absolute Gasteiger partial charge is 0.356 e. The summed E-state index contributed by atoms with van der Waals surface area (Å²) >= 11 is 0. The van der Waals surface area contributed by atoms with Crippen LogP contribution in [0.4, 0.5) is 0 Å². The highest BCUT2D eigenvalue weighted by atomic mass is 16.1. The summed E-state index contributed by atoms with van der Waals surface area (Å²) in [5.74, 6) is 0.566. The summed E-state index contributed by atoms with van der Waals surface area (Å²) in [6.07, 6.45) is 2.15. The lowest BCUT2D eigenvalue weighted by Gasteiger charge is -2.35. The van der Waals surface area contributed by atoms with E-state index in [9.17, 15) is 4.79 Å². The molecule has 0 radical (unpaired) electrons. The molecule has 1 fully saturated rings. The lowest BCUT2D eigenvalue weighted by Crippen LogP contribution is -2.40. The van der Waals surface area contributed by atoms with E-state index in [0.717, 1.165) is 38.0 Å². The number of likely N-dealkylation sites (N-methyl/N-ethyl adjacent to an activating group) is 1. The minimum absolute atomic E-state index is 0.0278. The topological polar surface area (TPSA) is 32.3 Å². The highest BCUT2D eigenvalue weighted by molar-refractivity contribution is 5.84. The number of nitrogens with zero attached hydrogens (tertiary/aromatic N) is 1. The molecule has 25 heavy (non-hydrogen) atoms. The fourth-order valence-electron chi connectivity index (χ4n) is 3.87. The van der Waals surface area contributed by atoms with Crippen LogP contribution in [-0.2, 0) is 11.3 Å². The van der Waals surface area contributed by atoms with Gasteiger partial charge in [0.15, 0.2) is 0 Å². The molecule has 1 saturated heterocycles. The fourth-order valence-corrected chi connectivity index (χ4v) is 3.87. The molecule has 132 valence electrons. The molecule has 3 rings (SSSR count). The molecule has 1 heterocycles. The molecule has 1 aliphatic rings. The van der Waals surface area contributed by atoms with E-state index in [0.29, 0.717) is 12.5 Å². The van der Waals surface area contributed by atoms with Gasteiger partial charge in [-0.1, -0.05) is 60.7 Å². The van der Waals surface area contributed by atoms with Gasteiger partial charge in [0.25, 0.3) is 0 Å². The van der Waals surface area contributed by atoms with E-state index >= 15 is 0 Å². The number of carbonyl (C=O) groups excluding carboxylic acids is 1. The summed E-state index contributed by atoms with van der Waals surface area (Å²) in [7, 11) is 0. The van der Waals surface area contributed by atoms with E-state index in [4.69, 9.17) is 0 Å². The predicted octanol–water partition coefficient (Wildman–Crippen LogP) is 3.82. The standard InChI is InChI=1S/C22H28N2O/c1-2-23-22(25)21(19-11-7-4-8-12-19)20-13-15-24(16-14-20)17-18-9-5-3-6-10-18/h3-12,20-21H,2,13-17H2,1H3,(H,23,25). The van der Waals surface area contributed by atoms with Crippen molar-refractivity contribution in [2.45, 2.75) is 32.2 Å². The predicted molar refractivity (Wildman–Crippen MR) is 102 cm³/mol. The average Bonchev–Trinajstić information content (AvgIpc) is 2.65. The van der Waals surface area contributed by atoms with Crippen LogP contribution < -0.4 is 5.32 Å². The molecule has 1 N–H and O–H groups in total. The van der Waals surface area contributed by atoms with Crippen LogP contribution in [0.1, 0.15) is 36.8 Å². The zero-order valence-corrected chi connectivity index (χ0v) is 15.0. The number of carbonyl (C=O) groups is 1. The summed E-state index contributed by atoms with van der Waals surface area (Å²) in [6, 6.07) is 20.9. The molecule has 1 atom stereocenters. The number of piperidine rings is 1. The Labute approximate surface area is 151 Å². The van der Waals surface area contributed by atoms with Crippen LogP contribution in [0.25, 0.3) is 0 Å². The Morgan fingerprint density at radius 3 is 2.24 bits per heavy atom. The first-order valence-corrected chi connectivity index (χ1v) is 9.37. The molecule has 1 aliphatic heterocycles. The zero-order valence-electron chi connectivity index (χ0n) is 15.0. The number of nitrogens with one attached hydrogen (secondary N) is 1. The Morgan fingerprint density at radius 1 is 1.04 bits per heavy atom. The van der Waals surface area contributed by atoms with Crippen LogP contribution in [0.3, 0.4) is 0 Å². The van der Waals surface area contributed by atoms with Gasteiger partial charge < -0.3 is 5.32 Å². The number of benzene rings is 2. The SMILES string of the molecule is CCNC(=O)C(c1ccccc1)C1CCN(Cc2ccccc2)CC1. The van der Waals surface area contributed by atoms with E-state index in [1.54, 1.807) is 0 Å². The maximum Gasteiger partial charge on any atom is 0.227 e. The van der Waals surface area contributed by atoms with Gasteiger partial charge in [-0.2, -0.15) is 0 Å². The van der Waals surface area contributed by atoms with Crippen molar-refractivity contribution >= 4 is 5.91 Å². The van der Waals surface area contributed by atoms with E-state index in [-0.39, 0.29) is 11.8 Å². The molecule has 3 nitrogen and oxygen atoms in total. The highest BCUT2D eigenvalue weighted by Gasteiger charge is 2.32. The van der Waals surface area contributed by atoms with Crippen molar-refractivity contribution < 1.29 is 4.79 Å². The maximum atomic E-state index is 12.7. The van der Waals surface area contributed by atoms with Gasteiger partial charge in [-0.25, -0.2) is 0 Å². The Bertz CT molecular complexity index is 648. The average molecular weight is 336 g/mol. The van der Waals surface area contributed by atoms with Gasteiger partial charge in [0.2, 0.25) is 5.91 Å². The van der Waals surface area contributed by atoms with Crippen LogP contribution in [0.2, 0.25) is 0 Å². The first kappa shape index (κ1) is 17.7. The van der Waals surface area contributed by atoms with Crippen molar-refractivity contribution in [1.29, 1.82) is 0 Å². The van der Waals surface area contributed by atoms with Crippen molar-refractivity contribution in [1.82, 2.24) is 10.2 Å². The Kier molecular flexibility index (Phi) is 6.24.